The molecular formula is C16H21N6O3S+. The molecule has 9 nitrogen and oxygen atoms in total. The summed E-state index contributed by atoms with van der Waals surface area (Å²) in [5.41, 5.74) is 1.07. The third-order valence-electron chi connectivity index (χ3n) is 4.32. The number of aryl methyl sites for hydroxylation is 1. The lowest BCUT2D eigenvalue weighted by atomic mass is 10.2. The van der Waals surface area contributed by atoms with Crippen LogP contribution in [0.15, 0.2) is 24.3 Å². The van der Waals surface area contributed by atoms with E-state index in [9.17, 15) is 14.9 Å². The van der Waals surface area contributed by atoms with Crippen molar-refractivity contribution in [2.24, 2.45) is 0 Å². The van der Waals surface area contributed by atoms with Gasteiger partial charge in [-0.05, 0) is 18.6 Å². The van der Waals surface area contributed by atoms with Gasteiger partial charge in [-0.2, -0.15) is 0 Å². The number of non-ortho nitro benzene ring substituents is 1. The van der Waals surface area contributed by atoms with Crippen molar-refractivity contribution in [1.29, 1.82) is 0 Å². The minimum absolute atomic E-state index is 0.0532. The molecular weight excluding hydrogens is 356 g/mol. The Hall–Kier alpha value is -2.59. The number of aromatic nitrogens is 2. The number of anilines is 2. The van der Waals surface area contributed by atoms with Crippen LogP contribution >= 0.6 is 11.3 Å². The molecule has 0 bridgehead atoms. The summed E-state index contributed by atoms with van der Waals surface area (Å²) in [7, 11) is 0. The standard InChI is InChI=1S/C16H20N6O3S/c1-2-15-18-19-16(26-15)17-14(23)11-20-7-9-21(10-8-20)12-3-5-13(6-4-12)22(24)25/h3-6H,2,7-11H2,1H3,(H,17,19,23)/p+1. The van der Waals surface area contributed by atoms with Gasteiger partial charge in [0.05, 0.1) is 31.1 Å². The predicted molar refractivity (Wildman–Crippen MR) is 98.8 cm³/mol. The van der Waals surface area contributed by atoms with Crippen LogP contribution in [0.3, 0.4) is 0 Å². The van der Waals surface area contributed by atoms with Gasteiger partial charge in [0.2, 0.25) is 5.13 Å². The lowest BCUT2D eigenvalue weighted by molar-refractivity contribution is -0.892. The monoisotopic (exact) mass is 377 g/mol. The third-order valence-corrected chi connectivity index (χ3v) is 5.31. The van der Waals surface area contributed by atoms with Gasteiger partial charge in [-0.15, -0.1) is 10.2 Å². The molecule has 1 aromatic heterocycles. The van der Waals surface area contributed by atoms with E-state index in [1.807, 2.05) is 6.92 Å². The Morgan fingerprint density at radius 3 is 2.58 bits per heavy atom. The van der Waals surface area contributed by atoms with Crippen molar-refractivity contribution in [3.05, 3.63) is 39.4 Å². The number of hydrogen-bond donors (Lipinski definition) is 2. The number of amides is 1. The van der Waals surface area contributed by atoms with Crippen LogP contribution in [0.2, 0.25) is 0 Å². The largest absolute Gasteiger partial charge is 0.360 e. The van der Waals surface area contributed by atoms with Crippen molar-refractivity contribution in [3.8, 4) is 0 Å². The summed E-state index contributed by atoms with van der Waals surface area (Å²) in [5, 5.41) is 23.0. The minimum Gasteiger partial charge on any atom is -0.360 e. The Bertz CT molecular complexity index is 771. The second kappa shape index (κ2) is 8.19. The number of nitro groups is 1. The fourth-order valence-electron chi connectivity index (χ4n) is 2.88. The van der Waals surface area contributed by atoms with E-state index < -0.39 is 4.92 Å². The molecule has 0 aliphatic carbocycles. The molecule has 2 aromatic rings. The summed E-state index contributed by atoms with van der Waals surface area (Å²) in [4.78, 5) is 25.9. The summed E-state index contributed by atoms with van der Waals surface area (Å²) < 4.78 is 0. The van der Waals surface area contributed by atoms with E-state index in [1.54, 1.807) is 12.1 Å². The molecule has 10 heteroatoms. The fraction of sp³-hybridized carbons (Fsp3) is 0.438. The SMILES string of the molecule is CCc1nnc(NC(=O)C[NH+]2CCN(c3ccc([N+](=O)[O-])cc3)CC2)s1. The topological polar surface area (TPSA) is 106 Å². The molecule has 0 unspecified atom stereocenters. The first kappa shape index (κ1) is 18.2. The van der Waals surface area contributed by atoms with Gasteiger partial charge < -0.3 is 9.80 Å². The van der Waals surface area contributed by atoms with Gasteiger partial charge in [-0.25, -0.2) is 0 Å². The summed E-state index contributed by atoms with van der Waals surface area (Å²) in [5.74, 6) is -0.0532. The van der Waals surface area contributed by atoms with E-state index in [0.29, 0.717) is 11.7 Å². The Balaban J connectivity index is 1.47. The number of nitrogens with zero attached hydrogens (tertiary/aromatic N) is 4. The van der Waals surface area contributed by atoms with Crippen LogP contribution in [0.4, 0.5) is 16.5 Å². The number of piperazine rings is 1. The summed E-state index contributed by atoms with van der Waals surface area (Å²) in [6.07, 6.45) is 0.809. The van der Waals surface area contributed by atoms with E-state index in [1.165, 1.54) is 28.4 Å². The van der Waals surface area contributed by atoms with Crippen LogP contribution in [0.25, 0.3) is 0 Å². The highest BCUT2D eigenvalue weighted by molar-refractivity contribution is 7.15. The van der Waals surface area contributed by atoms with Crippen LogP contribution in [-0.4, -0.2) is 53.8 Å². The Morgan fingerprint density at radius 2 is 2.00 bits per heavy atom. The Morgan fingerprint density at radius 1 is 1.31 bits per heavy atom. The van der Waals surface area contributed by atoms with Gasteiger partial charge in [0.1, 0.15) is 5.01 Å². The van der Waals surface area contributed by atoms with Crippen LogP contribution < -0.4 is 15.1 Å². The van der Waals surface area contributed by atoms with E-state index >= 15 is 0 Å². The molecule has 2 N–H and O–H groups in total. The molecule has 1 fully saturated rings. The van der Waals surface area contributed by atoms with Gasteiger partial charge in [-0.3, -0.25) is 20.2 Å². The lowest BCUT2D eigenvalue weighted by Crippen LogP contribution is -3.15. The van der Waals surface area contributed by atoms with Gasteiger partial charge in [0.25, 0.3) is 11.6 Å². The first-order valence-corrected chi connectivity index (χ1v) is 9.32. The molecule has 3 rings (SSSR count). The number of hydrogen-bond acceptors (Lipinski definition) is 7. The summed E-state index contributed by atoms with van der Waals surface area (Å²) in [6.45, 7) is 5.68. The second-order valence-electron chi connectivity index (χ2n) is 6.09. The van der Waals surface area contributed by atoms with E-state index in [2.05, 4.69) is 20.4 Å². The highest BCUT2D eigenvalue weighted by Gasteiger charge is 2.23. The fourth-order valence-corrected chi connectivity index (χ4v) is 3.58. The molecule has 0 atom stereocenters. The number of benzene rings is 1. The zero-order chi connectivity index (χ0) is 18.5. The highest BCUT2D eigenvalue weighted by Crippen LogP contribution is 2.19. The average Bonchev–Trinajstić information content (AvgIpc) is 3.10. The predicted octanol–water partition coefficient (Wildman–Crippen LogP) is 0.352. The molecule has 0 radical (unpaired) electrons. The summed E-state index contributed by atoms with van der Waals surface area (Å²) >= 11 is 1.40. The van der Waals surface area contributed by atoms with Crippen molar-refractivity contribution in [2.45, 2.75) is 13.3 Å². The third kappa shape index (κ3) is 4.52. The van der Waals surface area contributed by atoms with Gasteiger partial charge in [0.15, 0.2) is 6.54 Å². The molecule has 1 saturated heterocycles. The normalized spacial score (nSPS) is 15.0. The molecule has 26 heavy (non-hydrogen) atoms. The minimum atomic E-state index is -0.397. The van der Waals surface area contributed by atoms with Crippen LogP contribution in [0.5, 0.6) is 0 Å². The number of nitro benzene ring substituents is 1. The molecule has 0 saturated carbocycles. The van der Waals surface area contributed by atoms with Gasteiger partial charge in [0, 0.05) is 17.8 Å². The molecule has 1 amide bonds. The number of nitrogens with one attached hydrogen (secondary N) is 2. The van der Waals surface area contributed by atoms with E-state index in [0.717, 1.165) is 43.3 Å². The molecule has 1 aliphatic heterocycles. The highest BCUT2D eigenvalue weighted by atomic mass is 32.1. The van der Waals surface area contributed by atoms with Crippen molar-refractivity contribution in [2.75, 3.05) is 42.9 Å². The molecule has 0 spiro atoms. The van der Waals surface area contributed by atoms with Crippen molar-refractivity contribution >= 4 is 33.8 Å². The number of carbonyl (C=O) groups excluding carboxylic acids is 1. The maximum atomic E-state index is 12.2. The zero-order valence-corrected chi connectivity index (χ0v) is 15.3. The molecule has 1 aliphatic rings. The number of carbonyl (C=O) groups is 1. The Labute approximate surface area is 154 Å². The van der Waals surface area contributed by atoms with Gasteiger partial charge >= 0.3 is 0 Å². The second-order valence-corrected chi connectivity index (χ2v) is 7.15. The van der Waals surface area contributed by atoms with Gasteiger partial charge in [-0.1, -0.05) is 18.3 Å². The van der Waals surface area contributed by atoms with E-state index in [4.69, 9.17) is 0 Å². The lowest BCUT2D eigenvalue weighted by Gasteiger charge is -2.33. The molecule has 138 valence electrons. The quantitative estimate of drug-likeness (QED) is 0.556. The maximum absolute atomic E-state index is 12.2. The number of rotatable bonds is 6. The van der Waals surface area contributed by atoms with Crippen LogP contribution in [-0.2, 0) is 11.2 Å². The number of quaternary nitrogens is 1. The first-order valence-electron chi connectivity index (χ1n) is 8.50. The van der Waals surface area contributed by atoms with Crippen LogP contribution in [0, 0.1) is 10.1 Å². The first-order chi connectivity index (χ1) is 12.5. The van der Waals surface area contributed by atoms with E-state index in [-0.39, 0.29) is 11.6 Å². The Kier molecular flexibility index (Phi) is 5.74. The average molecular weight is 377 g/mol. The maximum Gasteiger partial charge on any atom is 0.281 e. The van der Waals surface area contributed by atoms with Crippen molar-refractivity contribution < 1.29 is 14.6 Å². The van der Waals surface area contributed by atoms with Crippen LogP contribution in [0.1, 0.15) is 11.9 Å². The summed E-state index contributed by atoms with van der Waals surface area (Å²) in [6, 6.07) is 6.59. The molecule has 1 aromatic carbocycles. The zero-order valence-electron chi connectivity index (χ0n) is 14.5. The molecule has 2 heterocycles. The van der Waals surface area contributed by atoms with Crippen molar-refractivity contribution in [3.63, 3.8) is 0 Å². The smallest absolute Gasteiger partial charge is 0.281 e. The van der Waals surface area contributed by atoms with Crippen molar-refractivity contribution in [1.82, 2.24) is 10.2 Å².